The van der Waals surface area contributed by atoms with E-state index in [4.69, 9.17) is 23.2 Å². The van der Waals surface area contributed by atoms with Crippen molar-refractivity contribution >= 4 is 23.2 Å². The lowest BCUT2D eigenvalue weighted by Crippen LogP contribution is -2.20. The Balaban J connectivity index is 2.37. The Morgan fingerprint density at radius 3 is 2.40 bits per heavy atom. The van der Waals surface area contributed by atoms with Gasteiger partial charge in [0.1, 0.15) is 0 Å². The molecule has 0 fully saturated rings. The summed E-state index contributed by atoms with van der Waals surface area (Å²) in [6.07, 6.45) is 1.02. The first kappa shape index (κ1) is 12.8. The van der Waals surface area contributed by atoms with Crippen molar-refractivity contribution in [3.05, 3.63) is 34.9 Å². The van der Waals surface area contributed by atoms with Gasteiger partial charge in [0.05, 0.1) is 0 Å². The predicted octanol–water partition coefficient (Wildman–Crippen LogP) is 3.79. The highest BCUT2D eigenvalue weighted by atomic mass is 35.5. The number of hydrogen-bond acceptors (Lipinski definition) is 1. The highest BCUT2D eigenvalue weighted by Crippen LogP contribution is 2.11. The van der Waals surface area contributed by atoms with Gasteiger partial charge in [0.25, 0.3) is 0 Å². The molecule has 0 aromatic heterocycles. The minimum absolute atomic E-state index is 0.248. The van der Waals surface area contributed by atoms with E-state index in [-0.39, 0.29) is 5.38 Å². The van der Waals surface area contributed by atoms with E-state index in [0.29, 0.717) is 0 Å². The van der Waals surface area contributed by atoms with Crippen molar-refractivity contribution < 1.29 is 0 Å². The van der Waals surface area contributed by atoms with Gasteiger partial charge in [-0.3, -0.25) is 0 Å². The number of benzene rings is 1. The van der Waals surface area contributed by atoms with E-state index in [1.165, 1.54) is 5.56 Å². The van der Waals surface area contributed by atoms with Crippen LogP contribution < -0.4 is 0 Å². The maximum absolute atomic E-state index is 5.90. The Morgan fingerprint density at radius 2 is 1.87 bits per heavy atom. The van der Waals surface area contributed by atoms with Gasteiger partial charge in [0, 0.05) is 16.9 Å². The Hall–Kier alpha value is -0.240. The molecule has 0 aliphatic rings. The first-order valence-corrected chi connectivity index (χ1v) is 5.96. The van der Waals surface area contributed by atoms with Crippen LogP contribution in [0.5, 0.6) is 0 Å². The smallest absolute Gasteiger partial charge is 0.0406 e. The summed E-state index contributed by atoms with van der Waals surface area (Å²) in [5.41, 5.74) is 1.28. The Kier molecular flexibility index (Phi) is 5.44. The van der Waals surface area contributed by atoms with Gasteiger partial charge >= 0.3 is 0 Å². The first-order chi connectivity index (χ1) is 7.08. The fraction of sp³-hybridized carbons (Fsp3) is 0.500. The number of hydrogen-bond donors (Lipinski definition) is 0. The van der Waals surface area contributed by atoms with Crippen molar-refractivity contribution in [3.8, 4) is 0 Å². The summed E-state index contributed by atoms with van der Waals surface area (Å²) >= 11 is 11.7. The molecule has 0 N–H and O–H groups in total. The molecule has 1 aromatic carbocycles. The van der Waals surface area contributed by atoms with Crippen LogP contribution in [0.25, 0.3) is 0 Å². The summed E-state index contributed by atoms with van der Waals surface area (Å²) in [5.74, 6) is 0. The third kappa shape index (κ3) is 5.41. The van der Waals surface area contributed by atoms with E-state index in [0.717, 1.165) is 24.5 Å². The Labute approximate surface area is 102 Å². The van der Waals surface area contributed by atoms with Gasteiger partial charge in [-0.05, 0) is 44.6 Å². The second-order valence-electron chi connectivity index (χ2n) is 3.93. The molecule has 1 rings (SSSR count). The minimum atomic E-state index is 0.248. The molecule has 0 spiro atoms. The van der Waals surface area contributed by atoms with Gasteiger partial charge in [-0.25, -0.2) is 0 Å². The average Bonchev–Trinajstić information content (AvgIpc) is 2.19. The number of halogens is 2. The van der Waals surface area contributed by atoms with Crippen molar-refractivity contribution in [1.29, 1.82) is 0 Å². The fourth-order valence-electron chi connectivity index (χ4n) is 1.38. The van der Waals surface area contributed by atoms with E-state index >= 15 is 0 Å². The van der Waals surface area contributed by atoms with Crippen LogP contribution in [0.4, 0.5) is 0 Å². The lowest BCUT2D eigenvalue weighted by atomic mass is 10.2. The van der Waals surface area contributed by atoms with Crippen LogP contribution in [0.15, 0.2) is 24.3 Å². The molecule has 84 valence electrons. The second kappa shape index (κ2) is 6.37. The predicted molar refractivity (Wildman–Crippen MR) is 67.7 cm³/mol. The van der Waals surface area contributed by atoms with Gasteiger partial charge in [0.2, 0.25) is 0 Å². The summed E-state index contributed by atoms with van der Waals surface area (Å²) < 4.78 is 0. The largest absolute Gasteiger partial charge is 0.302 e. The van der Waals surface area contributed by atoms with Gasteiger partial charge in [-0.1, -0.05) is 23.7 Å². The summed E-state index contributed by atoms with van der Waals surface area (Å²) in [6, 6.07) is 7.97. The van der Waals surface area contributed by atoms with Crippen LogP contribution in [0.3, 0.4) is 0 Å². The molecule has 15 heavy (non-hydrogen) atoms. The number of rotatable bonds is 5. The van der Waals surface area contributed by atoms with Crippen LogP contribution >= 0.6 is 23.2 Å². The minimum Gasteiger partial charge on any atom is -0.302 e. The van der Waals surface area contributed by atoms with Crippen molar-refractivity contribution in [2.45, 2.75) is 25.3 Å². The standard InChI is InChI=1S/C12H17Cl2N/c1-10(13)7-8-15(2)9-11-3-5-12(14)6-4-11/h3-6,10H,7-9H2,1-2H3. The number of nitrogens with zero attached hydrogens (tertiary/aromatic N) is 1. The second-order valence-corrected chi connectivity index (χ2v) is 5.12. The molecule has 0 amide bonds. The van der Waals surface area contributed by atoms with Crippen LogP contribution in [-0.4, -0.2) is 23.9 Å². The third-order valence-electron chi connectivity index (χ3n) is 2.27. The van der Waals surface area contributed by atoms with Crippen LogP contribution in [0, 0.1) is 0 Å². The summed E-state index contributed by atoms with van der Waals surface area (Å²) in [5, 5.41) is 1.04. The van der Waals surface area contributed by atoms with Crippen LogP contribution in [0.1, 0.15) is 18.9 Å². The Bertz CT molecular complexity index is 282. The summed E-state index contributed by atoms with van der Waals surface area (Å²) in [4.78, 5) is 2.27. The molecule has 3 heteroatoms. The molecule has 0 saturated carbocycles. The number of alkyl halides is 1. The van der Waals surface area contributed by atoms with Crippen molar-refractivity contribution in [2.24, 2.45) is 0 Å². The molecule has 0 saturated heterocycles. The molecule has 0 aliphatic carbocycles. The van der Waals surface area contributed by atoms with Gasteiger partial charge in [-0.15, -0.1) is 11.6 Å². The van der Waals surface area contributed by atoms with Gasteiger partial charge in [0.15, 0.2) is 0 Å². The molecule has 1 unspecified atom stereocenters. The maximum atomic E-state index is 5.90. The normalized spacial score (nSPS) is 13.1. The zero-order chi connectivity index (χ0) is 11.3. The summed E-state index contributed by atoms with van der Waals surface area (Å²) in [7, 11) is 2.11. The molecule has 1 aromatic rings. The molecular weight excluding hydrogens is 229 g/mol. The highest BCUT2D eigenvalue weighted by Gasteiger charge is 2.02. The molecule has 0 heterocycles. The van der Waals surface area contributed by atoms with E-state index in [1.54, 1.807) is 0 Å². The maximum Gasteiger partial charge on any atom is 0.0406 e. The molecule has 0 aliphatic heterocycles. The first-order valence-electron chi connectivity index (χ1n) is 5.15. The van der Waals surface area contributed by atoms with Crippen molar-refractivity contribution in [2.75, 3.05) is 13.6 Å². The topological polar surface area (TPSA) is 3.24 Å². The third-order valence-corrected chi connectivity index (χ3v) is 2.74. The molecule has 1 atom stereocenters. The SMILES string of the molecule is CC(Cl)CCN(C)Cc1ccc(Cl)cc1. The van der Waals surface area contributed by atoms with E-state index in [1.807, 2.05) is 19.1 Å². The van der Waals surface area contributed by atoms with Crippen LogP contribution in [-0.2, 0) is 6.54 Å². The zero-order valence-electron chi connectivity index (χ0n) is 9.21. The average molecular weight is 246 g/mol. The Morgan fingerprint density at radius 1 is 1.27 bits per heavy atom. The highest BCUT2D eigenvalue weighted by molar-refractivity contribution is 6.30. The lowest BCUT2D eigenvalue weighted by molar-refractivity contribution is 0.322. The molecule has 0 radical (unpaired) electrons. The van der Waals surface area contributed by atoms with Gasteiger partial charge < -0.3 is 4.90 Å². The van der Waals surface area contributed by atoms with E-state index < -0.39 is 0 Å². The van der Waals surface area contributed by atoms with Crippen molar-refractivity contribution in [1.82, 2.24) is 4.90 Å². The fourth-order valence-corrected chi connectivity index (χ4v) is 1.60. The quantitative estimate of drug-likeness (QED) is 0.714. The molecule has 0 bridgehead atoms. The van der Waals surface area contributed by atoms with Crippen LogP contribution in [0.2, 0.25) is 5.02 Å². The lowest BCUT2D eigenvalue weighted by Gasteiger charge is -2.17. The monoisotopic (exact) mass is 245 g/mol. The van der Waals surface area contributed by atoms with Gasteiger partial charge in [-0.2, -0.15) is 0 Å². The zero-order valence-corrected chi connectivity index (χ0v) is 10.7. The molecular formula is C12H17Cl2N. The van der Waals surface area contributed by atoms with Crippen molar-refractivity contribution in [3.63, 3.8) is 0 Å². The molecule has 1 nitrogen and oxygen atoms in total. The van der Waals surface area contributed by atoms with E-state index in [9.17, 15) is 0 Å². The van der Waals surface area contributed by atoms with E-state index in [2.05, 4.69) is 24.1 Å². The summed E-state index contributed by atoms with van der Waals surface area (Å²) in [6.45, 7) is 3.99.